The molecule has 0 aromatic carbocycles. The lowest BCUT2D eigenvalue weighted by Crippen LogP contribution is -2.23. The van der Waals surface area contributed by atoms with E-state index in [0.717, 1.165) is 5.69 Å². The van der Waals surface area contributed by atoms with Crippen LogP contribution < -0.4 is 5.32 Å². The molecule has 1 N–H and O–H groups in total. The Labute approximate surface area is 100 Å². The molecular weight excluding hydrogens is 240 g/mol. The fourth-order valence-corrected chi connectivity index (χ4v) is 3.61. The molecular formula is C11H14N2O3S. The third-order valence-electron chi connectivity index (χ3n) is 2.77. The van der Waals surface area contributed by atoms with Crippen LogP contribution in [0.15, 0.2) is 18.3 Å². The molecule has 5 nitrogen and oxygen atoms in total. The molecule has 6 heteroatoms. The van der Waals surface area contributed by atoms with Gasteiger partial charge in [0.2, 0.25) is 5.91 Å². The number of sulfone groups is 1. The van der Waals surface area contributed by atoms with Gasteiger partial charge in [-0.25, -0.2) is 8.42 Å². The molecule has 2 rings (SSSR count). The number of amides is 1. The number of nitrogens with zero attached hydrogens (tertiary/aromatic N) is 1. The number of carbonyl (C=O) groups excluding carboxylic acids is 1. The molecule has 1 aromatic rings. The number of anilines is 1. The van der Waals surface area contributed by atoms with Crippen LogP contribution in [0, 0.1) is 12.8 Å². The maximum Gasteiger partial charge on any atom is 0.228 e. The SMILES string of the molecule is Cc1cc(NC(=O)C2CCS(=O)(=O)C2)ccn1. The van der Waals surface area contributed by atoms with Crippen molar-refractivity contribution in [2.45, 2.75) is 13.3 Å². The van der Waals surface area contributed by atoms with Gasteiger partial charge in [-0.3, -0.25) is 9.78 Å². The minimum absolute atomic E-state index is 0.0388. The second-order valence-electron chi connectivity index (χ2n) is 4.28. The van der Waals surface area contributed by atoms with Crippen molar-refractivity contribution < 1.29 is 13.2 Å². The van der Waals surface area contributed by atoms with Crippen molar-refractivity contribution in [2.24, 2.45) is 5.92 Å². The van der Waals surface area contributed by atoms with Crippen molar-refractivity contribution in [1.82, 2.24) is 4.98 Å². The highest BCUT2D eigenvalue weighted by atomic mass is 32.2. The maximum absolute atomic E-state index is 11.8. The van der Waals surface area contributed by atoms with Crippen LogP contribution in [0.1, 0.15) is 12.1 Å². The molecule has 92 valence electrons. The Bertz CT molecular complexity index is 539. The molecule has 0 saturated carbocycles. The number of nitrogens with one attached hydrogen (secondary N) is 1. The summed E-state index contributed by atoms with van der Waals surface area (Å²) in [4.78, 5) is 15.8. The van der Waals surface area contributed by atoms with Gasteiger partial charge in [-0.2, -0.15) is 0 Å². The number of aromatic nitrogens is 1. The first-order valence-electron chi connectivity index (χ1n) is 5.40. The molecule has 0 radical (unpaired) electrons. The van der Waals surface area contributed by atoms with Crippen molar-refractivity contribution in [3.05, 3.63) is 24.0 Å². The smallest absolute Gasteiger partial charge is 0.228 e. The zero-order valence-electron chi connectivity index (χ0n) is 9.51. The zero-order chi connectivity index (χ0) is 12.5. The molecule has 17 heavy (non-hydrogen) atoms. The van der Waals surface area contributed by atoms with Gasteiger partial charge in [-0.1, -0.05) is 0 Å². The van der Waals surface area contributed by atoms with Crippen LogP contribution in [-0.4, -0.2) is 30.8 Å². The number of carbonyl (C=O) groups is 1. The van der Waals surface area contributed by atoms with Crippen LogP contribution in [0.25, 0.3) is 0 Å². The van der Waals surface area contributed by atoms with Crippen LogP contribution >= 0.6 is 0 Å². The lowest BCUT2D eigenvalue weighted by molar-refractivity contribution is -0.119. The minimum atomic E-state index is -3.01. The number of pyridine rings is 1. The molecule has 1 atom stereocenters. The van der Waals surface area contributed by atoms with E-state index in [-0.39, 0.29) is 17.4 Å². The van der Waals surface area contributed by atoms with Crippen molar-refractivity contribution in [3.8, 4) is 0 Å². The predicted molar refractivity (Wildman–Crippen MR) is 64.4 cm³/mol. The Morgan fingerprint density at radius 1 is 1.53 bits per heavy atom. The number of hydrogen-bond donors (Lipinski definition) is 1. The molecule has 0 bridgehead atoms. The van der Waals surface area contributed by atoms with Gasteiger partial charge in [0.1, 0.15) is 0 Å². The van der Waals surface area contributed by atoms with Crippen molar-refractivity contribution >= 4 is 21.4 Å². The molecule has 0 spiro atoms. The summed E-state index contributed by atoms with van der Waals surface area (Å²) < 4.78 is 22.5. The van der Waals surface area contributed by atoms with E-state index in [0.29, 0.717) is 12.1 Å². The summed E-state index contributed by atoms with van der Waals surface area (Å²) in [6.45, 7) is 1.83. The van der Waals surface area contributed by atoms with E-state index in [1.165, 1.54) is 0 Å². The van der Waals surface area contributed by atoms with Gasteiger partial charge >= 0.3 is 0 Å². The first-order valence-corrected chi connectivity index (χ1v) is 7.22. The van der Waals surface area contributed by atoms with Gasteiger partial charge in [0.15, 0.2) is 9.84 Å². The topological polar surface area (TPSA) is 76.1 Å². The van der Waals surface area contributed by atoms with Crippen molar-refractivity contribution in [2.75, 3.05) is 16.8 Å². The highest BCUT2D eigenvalue weighted by Crippen LogP contribution is 2.20. The number of rotatable bonds is 2. The molecule has 1 aliphatic rings. The zero-order valence-corrected chi connectivity index (χ0v) is 10.3. The Morgan fingerprint density at radius 2 is 2.29 bits per heavy atom. The summed E-state index contributed by atoms with van der Waals surface area (Å²) in [5, 5.41) is 2.72. The van der Waals surface area contributed by atoms with E-state index >= 15 is 0 Å². The maximum atomic E-state index is 11.8. The fraction of sp³-hybridized carbons (Fsp3) is 0.455. The van der Waals surface area contributed by atoms with E-state index in [1.54, 1.807) is 18.3 Å². The molecule has 1 unspecified atom stereocenters. The number of aryl methyl sites for hydroxylation is 1. The quantitative estimate of drug-likeness (QED) is 0.845. The van der Waals surface area contributed by atoms with Crippen LogP contribution in [0.2, 0.25) is 0 Å². The Morgan fingerprint density at radius 3 is 2.88 bits per heavy atom. The van der Waals surface area contributed by atoms with Gasteiger partial charge in [-0.05, 0) is 25.5 Å². The lowest BCUT2D eigenvalue weighted by atomic mass is 10.1. The molecule has 2 heterocycles. The first kappa shape index (κ1) is 12.0. The average molecular weight is 254 g/mol. The van der Waals surface area contributed by atoms with Gasteiger partial charge < -0.3 is 5.32 Å². The fourth-order valence-electron chi connectivity index (χ4n) is 1.87. The third-order valence-corrected chi connectivity index (χ3v) is 4.54. The highest BCUT2D eigenvalue weighted by Gasteiger charge is 2.32. The largest absolute Gasteiger partial charge is 0.326 e. The lowest BCUT2D eigenvalue weighted by Gasteiger charge is -2.09. The second-order valence-corrected chi connectivity index (χ2v) is 6.50. The molecule has 1 saturated heterocycles. The highest BCUT2D eigenvalue weighted by molar-refractivity contribution is 7.91. The van der Waals surface area contributed by atoms with E-state index in [4.69, 9.17) is 0 Å². The van der Waals surface area contributed by atoms with Gasteiger partial charge in [0, 0.05) is 17.6 Å². The summed E-state index contributed by atoms with van der Waals surface area (Å²) in [6, 6.07) is 3.44. The van der Waals surface area contributed by atoms with Crippen LogP contribution in [0.4, 0.5) is 5.69 Å². The third kappa shape index (κ3) is 3.03. The minimum Gasteiger partial charge on any atom is -0.326 e. The molecule has 1 amide bonds. The summed E-state index contributed by atoms with van der Waals surface area (Å²) in [5.74, 6) is -0.575. The van der Waals surface area contributed by atoms with Crippen LogP contribution in [0.3, 0.4) is 0 Å². The van der Waals surface area contributed by atoms with E-state index < -0.39 is 15.8 Å². The summed E-state index contributed by atoms with van der Waals surface area (Å²) in [7, 11) is -3.01. The van der Waals surface area contributed by atoms with Gasteiger partial charge in [0.25, 0.3) is 0 Å². The van der Waals surface area contributed by atoms with E-state index in [9.17, 15) is 13.2 Å². The van der Waals surface area contributed by atoms with E-state index in [1.807, 2.05) is 6.92 Å². The van der Waals surface area contributed by atoms with Crippen molar-refractivity contribution in [3.63, 3.8) is 0 Å². The Hall–Kier alpha value is -1.43. The van der Waals surface area contributed by atoms with Crippen LogP contribution in [-0.2, 0) is 14.6 Å². The Balaban J connectivity index is 2.03. The molecule has 1 fully saturated rings. The monoisotopic (exact) mass is 254 g/mol. The number of hydrogen-bond acceptors (Lipinski definition) is 4. The summed E-state index contributed by atoms with van der Waals surface area (Å²) in [6.07, 6.45) is 2.02. The normalized spacial score (nSPS) is 22.3. The van der Waals surface area contributed by atoms with Gasteiger partial charge in [0.05, 0.1) is 17.4 Å². The molecule has 1 aromatic heterocycles. The molecule has 0 aliphatic carbocycles. The van der Waals surface area contributed by atoms with Crippen molar-refractivity contribution in [1.29, 1.82) is 0 Å². The first-order chi connectivity index (χ1) is 7.96. The molecule has 1 aliphatic heterocycles. The Kier molecular flexibility index (Phi) is 3.15. The predicted octanol–water partition coefficient (Wildman–Crippen LogP) is 0.763. The van der Waals surface area contributed by atoms with Crippen LogP contribution in [0.5, 0.6) is 0 Å². The summed E-state index contributed by atoms with van der Waals surface area (Å²) >= 11 is 0. The van der Waals surface area contributed by atoms with E-state index in [2.05, 4.69) is 10.3 Å². The van der Waals surface area contributed by atoms with Gasteiger partial charge in [-0.15, -0.1) is 0 Å². The summed E-state index contributed by atoms with van der Waals surface area (Å²) in [5.41, 5.74) is 1.47. The second kappa shape index (κ2) is 4.44. The average Bonchev–Trinajstić information content (AvgIpc) is 2.59. The standard InChI is InChI=1S/C11H14N2O3S/c1-8-6-10(2-4-12-8)13-11(14)9-3-5-17(15,16)7-9/h2,4,6,9H,3,5,7H2,1H3,(H,12,13,14).